The number of amides is 1. The summed E-state index contributed by atoms with van der Waals surface area (Å²) >= 11 is 0. The van der Waals surface area contributed by atoms with Crippen LogP contribution in [0.15, 0.2) is 18.2 Å². The number of nitrogens with two attached hydrogens (primary N) is 1. The first-order valence-electron chi connectivity index (χ1n) is 6.92. The normalized spacial score (nSPS) is 12.0. The maximum absolute atomic E-state index is 12.1. The van der Waals surface area contributed by atoms with E-state index in [1.807, 2.05) is 6.92 Å². The molecule has 0 aliphatic heterocycles. The van der Waals surface area contributed by atoms with Crippen LogP contribution in [-0.2, 0) is 4.79 Å². The summed E-state index contributed by atoms with van der Waals surface area (Å²) in [4.78, 5) is 23.2. The zero-order valence-corrected chi connectivity index (χ0v) is 12.6. The van der Waals surface area contributed by atoms with Crippen LogP contribution < -0.4 is 15.8 Å². The Morgan fingerprint density at radius 3 is 2.52 bits per heavy atom. The molecule has 1 aromatic carbocycles. The van der Waals surface area contributed by atoms with Gasteiger partial charge in [0, 0.05) is 5.56 Å². The minimum absolute atomic E-state index is 0.212. The average molecular weight is 294 g/mol. The fraction of sp³-hybridized carbons (Fsp3) is 0.467. The van der Waals surface area contributed by atoms with E-state index in [0.29, 0.717) is 23.6 Å². The van der Waals surface area contributed by atoms with Crippen LogP contribution in [0.2, 0.25) is 0 Å². The number of carboxylic acid groups (broad SMARTS) is 1. The number of benzene rings is 1. The van der Waals surface area contributed by atoms with Crippen molar-refractivity contribution >= 4 is 17.6 Å². The highest BCUT2D eigenvalue weighted by Crippen LogP contribution is 2.22. The lowest BCUT2D eigenvalue weighted by atomic mass is 10.0. The Hall–Kier alpha value is -2.24. The first kappa shape index (κ1) is 16.8. The molecule has 0 heterocycles. The molecule has 1 atom stereocenters. The monoisotopic (exact) mass is 294 g/mol. The average Bonchev–Trinajstić information content (AvgIpc) is 2.42. The summed E-state index contributed by atoms with van der Waals surface area (Å²) < 4.78 is 5.43. The van der Waals surface area contributed by atoms with Gasteiger partial charge in [0.1, 0.15) is 11.8 Å². The predicted octanol–water partition coefficient (Wildman–Crippen LogP) is 1.90. The fourth-order valence-electron chi connectivity index (χ4n) is 1.77. The number of aliphatic carboxylic acids is 1. The summed E-state index contributed by atoms with van der Waals surface area (Å²) in [5.41, 5.74) is 6.49. The summed E-state index contributed by atoms with van der Waals surface area (Å²) in [7, 11) is 0. The molecule has 0 spiro atoms. The zero-order valence-electron chi connectivity index (χ0n) is 12.6. The minimum atomic E-state index is -1.06. The molecular formula is C15H22N2O4. The third kappa shape index (κ3) is 4.66. The van der Waals surface area contributed by atoms with Crippen LogP contribution in [0.4, 0.5) is 5.69 Å². The van der Waals surface area contributed by atoms with Crippen molar-refractivity contribution in [2.24, 2.45) is 5.92 Å². The largest absolute Gasteiger partial charge is 0.491 e. The number of carbonyl (C=O) groups is 2. The lowest BCUT2D eigenvalue weighted by Crippen LogP contribution is -2.44. The van der Waals surface area contributed by atoms with Crippen molar-refractivity contribution in [2.45, 2.75) is 33.2 Å². The summed E-state index contributed by atoms with van der Waals surface area (Å²) in [5, 5.41) is 11.6. The molecule has 21 heavy (non-hydrogen) atoms. The molecule has 6 heteroatoms. The molecule has 0 aliphatic rings. The SMILES string of the molecule is CCCOc1ccc(C(=O)NC(C(=O)O)C(C)C)cc1N. The maximum Gasteiger partial charge on any atom is 0.326 e. The number of hydrogen-bond acceptors (Lipinski definition) is 4. The van der Waals surface area contributed by atoms with E-state index >= 15 is 0 Å². The second kappa shape index (κ2) is 7.52. The van der Waals surface area contributed by atoms with Crippen LogP contribution in [0.1, 0.15) is 37.6 Å². The highest BCUT2D eigenvalue weighted by Gasteiger charge is 2.24. The standard InChI is InChI=1S/C15H22N2O4/c1-4-7-21-12-6-5-10(8-11(12)16)14(18)17-13(9(2)3)15(19)20/h5-6,8-9,13H,4,7,16H2,1-3H3,(H,17,18)(H,19,20). The van der Waals surface area contributed by atoms with E-state index in [4.69, 9.17) is 15.6 Å². The van der Waals surface area contributed by atoms with E-state index in [9.17, 15) is 9.59 Å². The molecule has 1 unspecified atom stereocenters. The van der Waals surface area contributed by atoms with Crippen LogP contribution in [0.25, 0.3) is 0 Å². The van der Waals surface area contributed by atoms with Crippen molar-refractivity contribution < 1.29 is 19.4 Å². The van der Waals surface area contributed by atoms with E-state index in [1.54, 1.807) is 26.0 Å². The third-order valence-corrected chi connectivity index (χ3v) is 2.95. The predicted molar refractivity (Wildman–Crippen MR) is 80.4 cm³/mol. The van der Waals surface area contributed by atoms with Gasteiger partial charge in [-0.05, 0) is 30.5 Å². The maximum atomic E-state index is 12.1. The van der Waals surface area contributed by atoms with Gasteiger partial charge in [-0.2, -0.15) is 0 Å². The highest BCUT2D eigenvalue weighted by atomic mass is 16.5. The van der Waals surface area contributed by atoms with Gasteiger partial charge in [-0.25, -0.2) is 4.79 Å². The van der Waals surface area contributed by atoms with Gasteiger partial charge in [0.2, 0.25) is 0 Å². The Morgan fingerprint density at radius 2 is 2.05 bits per heavy atom. The number of carbonyl (C=O) groups excluding carboxylic acids is 1. The van der Waals surface area contributed by atoms with Crippen LogP contribution in [0.5, 0.6) is 5.75 Å². The van der Waals surface area contributed by atoms with Crippen LogP contribution >= 0.6 is 0 Å². The number of nitrogens with one attached hydrogen (secondary N) is 1. The number of ether oxygens (including phenoxy) is 1. The summed E-state index contributed by atoms with van der Waals surface area (Å²) in [6.07, 6.45) is 0.857. The molecule has 1 rings (SSSR count). The molecule has 0 aromatic heterocycles. The quantitative estimate of drug-likeness (QED) is 0.667. The summed E-state index contributed by atoms with van der Waals surface area (Å²) in [6, 6.07) is 3.73. The van der Waals surface area contributed by atoms with E-state index in [1.165, 1.54) is 6.07 Å². The molecule has 0 bridgehead atoms. The molecule has 0 radical (unpaired) electrons. The van der Waals surface area contributed by atoms with Crippen molar-refractivity contribution in [2.75, 3.05) is 12.3 Å². The molecule has 1 aromatic rings. The van der Waals surface area contributed by atoms with Crippen molar-refractivity contribution in [1.82, 2.24) is 5.32 Å². The third-order valence-electron chi connectivity index (χ3n) is 2.95. The molecule has 4 N–H and O–H groups in total. The Morgan fingerprint density at radius 1 is 1.38 bits per heavy atom. The van der Waals surface area contributed by atoms with Gasteiger partial charge in [0.25, 0.3) is 5.91 Å². The van der Waals surface area contributed by atoms with Gasteiger partial charge in [0.15, 0.2) is 0 Å². The molecule has 6 nitrogen and oxygen atoms in total. The number of nitrogen functional groups attached to an aromatic ring is 1. The van der Waals surface area contributed by atoms with Gasteiger partial charge in [-0.3, -0.25) is 4.79 Å². The zero-order chi connectivity index (χ0) is 16.0. The van der Waals surface area contributed by atoms with Crippen molar-refractivity contribution in [1.29, 1.82) is 0 Å². The summed E-state index contributed by atoms with van der Waals surface area (Å²) in [5.74, 6) is -1.22. The first-order valence-corrected chi connectivity index (χ1v) is 6.92. The first-order chi connectivity index (χ1) is 9.86. The minimum Gasteiger partial charge on any atom is -0.491 e. The van der Waals surface area contributed by atoms with Crippen LogP contribution in [-0.4, -0.2) is 29.6 Å². The highest BCUT2D eigenvalue weighted by molar-refractivity contribution is 5.97. The number of carboxylic acids is 1. The Balaban J connectivity index is 2.83. The van der Waals surface area contributed by atoms with E-state index < -0.39 is 17.9 Å². The van der Waals surface area contributed by atoms with Crippen molar-refractivity contribution in [3.63, 3.8) is 0 Å². The topological polar surface area (TPSA) is 102 Å². The molecule has 116 valence electrons. The van der Waals surface area contributed by atoms with Gasteiger partial charge in [-0.1, -0.05) is 20.8 Å². The Labute approximate surface area is 124 Å². The van der Waals surface area contributed by atoms with E-state index in [-0.39, 0.29) is 5.92 Å². The number of anilines is 1. The molecule has 0 aliphatic carbocycles. The number of hydrogen-bond donors (Lipinski definition) is 3. The molecule has 1 amide bonds. The Kier molecular flexibility index (Phi) is 6.02. The van der Waals surface area contributed by atoms with Gasteiger partial charge in [-0.15, -0.1) is 0 Å². The van der Waals surface area contributed by atoms with Crippen LogP contribution in [0.3, 0.4) is 0 Å². The molecule has 0 saturated heterocycles. The molecular weight excluding hydrogens is 272 g/mol. The van der Waals surface area contributed by atoms with Crippen molar-refractivity contribution in [3.8, 4) is 5.75 Å². The van der Waals surface area contributed by atoms with Gasteiger partial charge >= 0.3 is 5.97 Å². The number of rotatable bonds is 7. The molecule has 0 saturated carbocycles. The lowest BCUT2D eigenvalue weighted by molar-refractivity contribution is -0.140. The second-order valence-electron chi connectivity index (χ2n) is 5.13. The van der Waals surface area contributed by atoms with E-state index in [0.717, 1.165) is 6.42 Å². The van der Waals surface area contributed by atoms with Gasteiger partial charge < -0.3 is 20.9 Å². The molecule has 0 fully saturated rings. The summed E-state index contributed by atoms with van der Waals surface area (Å²) in [6.45, 7) is 5.99. The lowest BCUT2D eigenvalue weighted by Gasteiger charge is -2.18. The smallest absolute Gasteiger partial charge is 0.326 e. The fourth-order valence-corrected chi connectivity index (χ4v) is 1.77. The van der Waals surface area contributed by atoms with Crippen LogP contribution in [0, 0.1) is 5.92 Å². The van der Waals surface area contributed by atoms with E-state index in [2.05, 4.69) is 5.32 Å². The van der Waals surface area contributed by atoms with Crippen molar-refractivity contribution in [3.05, 3.63) is 23.8 Å². The van der Waals surface area contributed by atoms with Gasteiger partial charge in [0.05, 0.1) is 12.3 Å². The second-order valence-corrected chi connectivity index (χ2v) is 5.13. The Bertz CT molecular complexity index is 514.